The molecule has 2 rings (SSSR count). The van der Waals surface area contributed by atoms with Crippen LogP contribution in [0, 0.1) is 27.7 Å². The van der Waals surface area contributed by atoms with Crippen LogP contribution in [0.1, 0.15) is 59.1 Å². The molecule has 0 bridgehead atoms. The van der Waals surface area contributed by atoms with Crippen LogP contribution in [0.4, 0.5) is 9.59 Å². The fraction of sp³-hybridized carbons (Fsp3) is 0.500. The SMILES string of the molecule is Cc1cccc(CCCCN(C)C(=O)SSSSC(=O)N(C)CCCCc2cccc(C)c2C)c1C. The van der Waals surface area contributed by atoms with Crippen molar-refractivity contribution < 1.29 is 9.59 Å². The number of hydrogen-bond donors (Lipinski definition) is 0. The summed E-state index contributed by atoms with van der Waals surface area (Å²) in [5, 5.41) is 0.0687. The Labute approximate surface area is 233 Å². The molecule has 198 valence electrons. The van der Waals surface area contributed by atoms with E-state index in [1.54, 1.807) is 9.80 Å². The van der Waals surface area contributed by atoms with Gasteiger partial charge < -0.3 is 9.80 Å². The Hall–Kier alpha value is -1.22. The first-order valence-electron chi connectivity index (χ1n) is 12.5. The lowest BCUT2D eigenvalue weighted by Crippen LogP contribution is -2.23. The van der Waals surface area contributed by atoms with Crippen molar-refractivity contribution in [2.24, 2.45) is 0 Å². The first-order chi connectivity index (χ1) is 17.2. The molecule has 0 unspecified atom stereocenters. The molecule has 2 amide bonds. The predicted molar refractivity (Wildman–Crippen MR) is 164 cm³/mol. The summed E-state index contributed by atoms with van der Waals surface area (Å²) >= 11 is 0. The van der Waals surface area contributed by atoms with Gasteiger partial charge in [0.25, 0.3) is 10.5 Å². The Morgan fingerprint density at radius 3 is 1.42 bits per heavy atom. The number of carbonyl (C=O) groups is 2. The third-order valence-corrected chi connectivity index (χ3v) is 12.4. The van der Waals surface area contributed by atoms with Crippen LogP contribution >= 0.6 is 41.2 Å². The minimum atomic E-state index is 0.0343. The van der Waals surface area contributed by atoms with Crippen molar-refractivity contribution in [1.82, 2.24) is 9.80 Å². The molecule has 2 aromatic rings. The number of unbranched alkanes of at least 4 members (excludes halogenated alkanes) is 2. The summed E-state index contributed by atoms with van der Waals surface area (Å²) < 4.78 is 0. The quantitative estimate of drug-likeness (QED) is 0.179. The summed E-state index contributed by atoms with van der Waals surface area (Å²) in [6.45, 7) is 10.2. The van der Waals surface area contributed by atoms with Gasteiger partial charge in [-0.15, -0.1) is 0 Å². The van der Waals surface area contributed by atoms with E-state index in [-0.39, 0.29) is 10.5 Å². The fourth-order valence-corrected chi connectivity index (χ4v) is 8.83. The van der Waals surface area contributed by atoms with E-state index in [2.05, 4.69) is 64.1 Å². The van der Waals surface area contributed by atoms with Gasteiger partial charge in [-0.25, -0.2) is 0 Å². The third kappa shape index (κ3) is 10.6. The topological polar surface area (TPSA) is 40.6 Å². The molecule has 0 atom stereocenters. The molecule has 0 aliphatic heterocycles. The monoisotopic (exact) mass is 564 g/mol. The number of benzene rings is 2. The molecule has 0 aromatic heterocycles. The predicted octanol–water partition coefficient (Wildman–Crippen LogP) is 9.05. The fourth-order valence-electron chi connectivity index (χ4n) is 3.89. The molecule has 0 radical (unpaired) electrons. The van der Waals surface area contributed by atoms with E-state index in [0.717, 1.165) is 51.6 Å². The van der Waals surface area contributed by atoms with E-state index in [1.807, 2.05) is 14.1 Å². The average Bonchev–Trinajstić information content (AvgIpc) is 2.86. The molecule has 0 aliphatic carbocycles. The summed E-state index contributed by atoms with van der Waals surface area (Å²) in [4.78, 5) is 28.3. The van der Waals surface area contributed by atoms with Crippen molar-refractivity contribution in [3.8, 4) is 0 Å². The number of carbonyl (C=O) groups excluding carboxylic acids is 2. The summed E-state index contributed by atoms with van der Waals surface area (Å²) in [7, 11) is 8.81. The van der Waals surface area contributed by atoms with Crippen LogP contribution in [0.2, 0.25) is 0 Å². The van der Waals surface area contributed by atoms with E-state index >= 15 is 0 Å². The summed E-state index contributed by atoms with van der Waals surface area (Å²) in [5.41, 5.74) is 8.22. The van der Waals surface area contributed by atoms with Crippen molar-refractivity contribution in [3.05, 3.63) is 69.8 Å². The van der Waals surface area contributed by atoms with Crippen molar-refractivity contribution in [1.29, 1.82) is 0 Å². The Morgan fingerprint density at radius 2 is 1.03 bits per heavy atom. The molecule has 36 heavy (non-hydrogen) atoms. The Balaban J connectivity index is 1.54. The first-order valence-corrected chi connectivity index (χ1v) is 17.3. The second kappa shape index (κ2) is 16.6. The minimum absolute atomic E-state index is 0.0343. The first kappa shape index (κ1) is 31.0. The number of aryl methyl sites for hydroxylation is 4. The molecule has 4 nitrogen and oxygen atoms in total. The molecular weight excluding hydrogens is 525 g/mol. The van der Waals surface area contributed by atoms with Crippen LogP contribution in [0.25, 0.3) is 0 Å². The summed E-state index contributed by atoms with van der Waals surface area (Å²) in [6, 6.07) is 12.9. The zero-order chi connectivity index (χ0) is 26.5. The van der Waals surface area contributed by atoms with E-state index in [4.69, 9.17) is 0 Å². The molecule has 0 heterocycles. The lowest BCUT2D eigenvalue weighted by Gasteiger charge is -2.17. The van der Waals surface area contributed by atoms with E-state index in [1.165, 1.54) is 74.6 Å². The van der Waals surface area contributed by atoms with Gasteiger partial charge in [-0.2, -0.15) is 0 Å². The van der Waals surface area contributed by atoms with Gasteiger partial charge in [0, 0.05) is 48.8 Å². The minimum Gasteiger partial charge on any atom is -0.336 e. The van der Waals surface area contributed by atoms with Gasteiger partial charge in [-0.1, -0.05) is 36.4 Å². The highest BCUT2D eigenvalue weighted by atomic mass is 33.7. The highest BCUT2D eigenvalue weighted by Crippen LogP contribution is 2.44. The zero-order valence-electron chi connectivity index (χ0n) is 22.5. The Kier molecular flexibility index (Phi) is 14.3. The molecule has 0 saturated carbocycles. The van der Waals surface area contributed by atoms with Gasteiger partial charge in [0.15, 0.2) is 0 Å². The van der Waals surface area contributed by atoms with Crippen molar-refractivity contribution in [2.75, 3.05) is 27.2 Å². The Bertz CT molecular complexity index is 920. The molecule has 2 aromatic carbocycles. The van der Waals surface area contributed by atoms with Crippen molar-refractivity contribution >= 4 is 51.7 Å². The van der Waals surface area contributed by atoms with E-state index in [0.29, 0.717) is 0 Å². The molecule has 0 aliphatic rings. The highest BCUT2D eigenvalue weighted by Gasteiger charge is 2.14. The number of nitrogens with zero attached hydrogens (tertiary/aromatic N) is 2. The highest BCUT2D eigenvalue weighted by molar-refractivity contribution is 9.28. The molecule has 0 N–H and O–H groups in total. The maximum Gasteiger partial charge on any atom is 0.292 e. The van der Waals surface area contributed by atoms with Gasteiger partial charge in [0.1, 0.15) is 0 Å². The lowest BCUT2D eigenvalue weighted by molar-refractivity contribution is 0.232. The standard InChI is InChI=1S/C28H40N2O2S4/c1-21-13-11-17-25(23(21)3)15-7-9-19-29(5)27(31)33-35-36-34-28(32)30(6)20-10-8-16-26-18-12-14-22(2)24(26)4/h11-14,17-18H,7-10,15-16,19-20H2,1-6H3. The second-order valence-corrected chi connectivity index (χ2v) is 14.9. The zero-order valence-corrected chi connectivity index (χ0v) is 25.7. The molecule has 0 fully saturated rings. The lowest BCUT2D eigenvalue weighted by atomic mass is 9.99. The third-order valence-electron chi connectivity index (χ3n) is 6.67. The summed E-state index contributed by atoms with van der Waals surface area (Å²) in [5.74, 6) is 0. The van der Waals surface area contributed by atoms with E-state index < -0.39 is 0 Å². The van der Waals surface area contributed by atoms with Gasteiger partial charge in [0.05, 0.1) is 0 Å². The number of rotatable bonds is 13. The Morgan fingerprint density at radius 1 is 0.639 bits per heavy atom. The van der Waals surface area contributed by atoms with Crippen LogP contribution in [0.3, 0.4) is 0 Å². The van der Waals surface area contributed by atoms with Crippen LogP contribution in [-0.2, 0) is 12.8 Å². The largest absolute Gasteiger partial charge is 0.336 e. The van der Waals surface area contributed by atoms with Crippen LogP contribution in [-0.4, -0.2) is 47.5 Å². The molecular formula is C28H40N2O2S4. The van der Waals surface area contributed by atoms with Crippen molar-refractivity contribution in [2.45, 2.75) is 66.2 Å². The van der Waals surface area contributed by atoms with Crippen LogP contribution < -0.4 is 0 Å². The second-order valence-electron chi connectivity index (χ2n) is 9.31. The maximum atomic E-state index is 12.4. The number of hydrogen-bond acceptors (Lipinski definition) is 6. The van der Waals surface area contributed by atoms with Gasteiger partial charge in [-0.3, -0.25) is 9.59 Å². The molecule has 0 saturated heterocycles. The van der Waals surface area contributed by atoms with Gasteiger partial charge in [-0.05, 0) is 119 Å². The van der Waals surface area contributed by atoms with Gasteiger partial charge in [0.2, 0.25) is 0 Å². The molecule has 8 heteroatoms. The van der Waals surface area contributed by atoms with E-state index in [9.17, 15) is 9.59 Å². The summed E-state index contributed by atoms with van der Waals surface area (Å²) in [6.07, 6.45) is 6.19. The van der Waals surface area contributed by atoms with Crippen LogP contribution in [0.5, 0.6) is 0 Å². The molecule has 0 spiro atoms. The smallest absolute Gasteiger partial charge is 0.292 e. The normalized spacial score (nSPS) is 10.9. The van der Waals surface area contributed by atoms with Crippen molar-refractivity contribution in [3.63, 3.8) is 0 Å². The van der Waals surface area contributed by atoms with Gasteiger partial charge >= 0.3 is 0 Å². The average molecular weight is 565 g/mol. The van der Waals surface area contributed by atoms with Crippen LogP contribution in [0.15, 0.2) is 36.4 Å². The number of amides is 2. The maximum absolute atomic E-state index is 12.4.